The number of carboxylic acids is 1. The van der Waals surface area contributed by atoms with Crippen molar-refractivity contribution in [1.29, 1.82) is 0 Å². The summed E-state index contributed by atoms with van der Waals surface area (Å²) in [6.45, 7) is 1.67. The molecule has 6 heteroatoms. The minimum absolute atomic E-state index is 0.0136. The van der Waals surface area contributed by atoms with Crippen molar-refractivity contribution in [3.63, 3.8) is 0 Å². The van der Waals surface area contributed by atoms with Gasteiger partial charge in [0.25, 0.3) is 0 Å². The van der Waals surface area contributed by atoms with Gasteiger partial charge >= 0.3 is 5.97 Å². The van der Waals surface area contributed by atoms with E-state index in [1.807, 2.05) is 0 Å². The smallest absolute Gasteiger partial charge is 0.307 e. The van der Waals surface area contributed by atoms with E-state index in [0.29, 0.717) is 37.6 Å². The van der Waals surface area contributed by atoms with Gasteiger partial charge in [-0.2, -0.15) is 0 Å². The topological polar surface area (TPSA) is 72.8 Å². The molecule has 0 saturated carbocycles. The van der Waals surface area contributed by atoms with Crippen LogP contribution in [0.1, 0.15) is 12.0 Å². The van der Waals surface area contributed by atoms with E-state index in [1.54, 1.807) is 31.4 Å². The summed E-state index contributed by atoms with van der Waals surface area (Å²) in [5, 5.41) is 8.67. The van der Waals surface area contributed by atoms with E-state index in [4.69, 9.17) is 14.6 Å². The third-order valence-corrected chi connectivity index (χ3v) is 4.05. The van der Waals surface area contributed by atoms with Crippen LogP contribution in [-0.2, 0) is 31.5 Å². The molecule has 0 bridgehead atoms. The van der Waals surface area contributed by atoms with Crippen molar-refractivity contribution >= 4 is 16.8 Å². The Morgan fingerprint density at radius 3 is 2.50 bits per heavy atom. The Morgan fingerprint density at radius 2 is 1.90 bits per heavy atom. The molecule has 0 aliphatic heterocycles. The van der Waals surface area contributed by atoms with Gasteiger partial charge < -0.3 is 14.6 Å². The first-order valence-corrected chi connectivity index (χ1v) is 7.71. The lowest BCUT2D eigenvalue weighted by Gasteiger charge is -2.05. The molecular formula is C14H20O5S. The second-order valence-electron chi connectivity index (χ2n) is 4.22. The molecule has 0 aliphatic rings. The molecule has 0 aliphatic carbocycles. The van der Waals surface area contributed by atoms with Crippen LogP contribution in [0.3, 0.4) is 0 Å². The van der Waals surface area contributed by atoms with E-state index >= 15 is 0 Å². The molecule has 1 aromatic carbocycles. The van der Waals surface area contributed by atoms with Crippen molar-refractivity contribution in [3.05, 3.63) is 29.8 Å². The van der Waals surface area contributed by atoms with Gasteiger partial charge in [0.2, 0.25) is 0 Å². The highest BCUT2D eigenvalue weighted by molar-refractivity contribution is 7.85. The zero-order valence-corrected chi connectivity index (χ0v) is 12.4. The first kappa shape index (κ1) is 16.8. The number of rotatable bonds is 10. The molecule has 112 valence electrons. The molecular weight excluding hydrogens is 280 g/mol. The number of methoxy groups -OCH3 is 1. The number of hydrogen-bond donors (Lipinski definition) is 1. The van der Waals surface area contributed by atoms with Gasteiger partial charge in [0, 0.05) is 24.4 Å². The Balaban J connectivity index is 2.30. The van der Waals surface area contributed by atoms with E-state index in [2.05, 4.69) is 0 Å². The van der Waals surface area contributed by atoms with Crippen LogP contribution in [0.25, 0.3) is 0 Å². The maximum atomic E-state index is 12.0. The summed E-state index contributed by atoms with van der Waals surface area (Å²) in [5.74, 6) is -0.335. The molecule has 0 heterocycles. The van der Waals surface area contributed by atoms with E-state index < -0.39 is 16.8 Å². The van der Waals surface area contributed by atoms with E-state index in [9.17, 15) is 9.00 Å². The van der Waals surface area contributed by atoms with Gasteiger partial charge in [0.1, 0.15) is 0 Å². The third-order valence-electron chi connectivity index (χ3n) is 2.59. The highest BCUT2D eigenvalue weighted by Crippen LogP contribution is 2.10. The average Bonchev–Trinajstić information content (AvgIpc) is 2.42. The summed E-state index contributed by atoms with van der Waals surface area (Å²) in [6, 6.07) is 6.85. The van der Waals surface area contributed by atoms with Crippen LogP contribution in [0, 0.1) is 0 Å². The normalized spacial score (nSPS) is 12.2. The van der Waals surface area contributed by atoms with E-state index in [0.717, 1.165) is 4.90 Å². The predicted octanol–water partition coefficient (Wildman–Crippen LogP) is 1.47. The molecule has 1 N–H and O–H groups in total. The SMILES string of the molecule is COCCOCCCS(=O)c1ccc(CC(=O)O)cc1. The standard InChI is InChI=1S/C14H20O5S/c1-18-8-9-19-7-2-10-20(17)13-5-3-12(4-6-13)11-14(15)16/h3-6H,2,7-11H2,1H3,(H,15,16). The Kier molecular flexibility index (Phi) is 8.10. The lowest BCUT2D eigenvalue weighted by atomic mass is 10.2. The van der Waals surface area contributed by atoms with Gasteiger partial charge in [-0.25, -0.2) is 0 Å². The van der Waals surface area contributed by atoms with Gasteiger partial charge in [-0.1, -0.05) is 12.1 Å². The van der Waals surface area contributed by atoms with Crippen LogP contribution in [-0.4, -0.2) is 48.0 Å². The number of ether oxygens (including phenoxy) is 2. The number of carbonyl (C=O) groups is 1. The number of hydrogen-bond acceptors (Lipinski definition) is 4. The highest BCUT2D eigenvalue weighted by atomic mass is 32.2. The van der Waals surface area contributed by atoms with Crippen molar-refractivity contribution in [3.8, 4) is 0 Å². The second kappa shape index (κ2) is 9.63. The predicted molar refractivity (Wildman–Crippen MR) is 76.4 cm³/mol. The summed E-state index contributed by atoms with van der Waals surface area (Å²) in [7, 11) is 0.547. The molecule has 1 unspecified atom stereocenters. The third kappa shape index (κ3) is 6.79. The zero-order valence-electron chi connectivity index (χ0n) is 11.5. The quantitative estimate of drug-likeness (QED) is 0.663. The molecule has 0 spiro atoms. The lowest BCUT2D eigenvalue weighted by Crippen LogP contribution is -2.07. The maximum Gasteiger partial charge on any atom is 0.307 e. The van der Waals surface area contributed by atoms with Crippen LogP contribution < -0.4 is 0 Å². The monoisotopic (exact) mass is 300 g/mol. The number of aliphatic carboxylic acids is 1. The lowest BCUT2D eigenvalue weighted by molar-refractivity contribution is -0.136. The molecule has 0 amide bonds. The average molecular weight is 300 g/mol. The molecule has 0 saturated heterocycles. The van der Waals surface area contributed by atoms with Gasteiger partial charge in [-0.3, -0.25) is 9.00 Å². The fourth-order valence-corrected chi connectivity index (χ4v) is 2.64. The first-order valence-electron chi connectivity index (χ1n) is 6.39. The van der Waals surface area contributed by atoms with Gasteiger partial charge in [0.05, 0.1) is 30.4 Å². The van der Waals surface area contributed by atoms with Crippen LogP contribution >= 0.6 is 0 Å². The largest absolute Gasteiger partial charge is 0.481 e. The molecule has 1 atom stereocenters. The molecule has 20 heavy (non-hydrogen) atoms. The fourth-order valence-electron chi connectivity index (χ4n) is 1.59. The minimum atomic E-state index is -1.07. The minimum Gasteiger partial charge on any atom is -0.481 e. The summed E-state index contributed by atoms with van der Waals surface area (Å²) in [6.07, 6.45) is 0.702. The van der Waals surface area contributed by atoms with Gasteiger partial charge in [-0.15, -0.1) is 0 Å². The van der Waals surface area contributed by atoms with Crippen LogP contribution in [0.2, 0.25) is 0 Å². The van der Waals surface area contributed by atoms with Crippen molar-refractivity contribution in [2.24, 2.45) is 0 Å². The van der Waals surface area contributed by atoms with Gasteiger partial charge in [-0.05, 0) is 24.1 Å². The molecule has 0 fully saturated rings. The molecule has 1 aromatic rings. The first-order chi connectivity index (χ1) is 9.63. The van der Waals surface area contributed by atoms with Crippen molar-refractivity contribution < 1.29 is 23.6 Å². The summed E-state index contributed by atoms with van der Waals surface area (Å²) in [4.78, 5) is 11.3. The van der Waals surface area contributed by atoms with Crippen molar-refractivity contribution in [2.75, 3.05) is 32.7 Å². The summed E-state index contributed by atoms with van der Waals surface area (Å²) >= 11 is 0. The highest BCUT2D eigenvalue weighted by Gasteiger charge is 2.05. The molecule has 0 aromatic heterocycles. The molecule has 0 radical (unpaired) electrons. The Bertz CT molecular complexity index is 430. The van der Waals surface area contributed by atoms with Crippen LogP contribution in [0.15, 0.2) is 29.2 Å². The summed E-state index contributed by atoms with van der Waals surface area (Å²) in [5.41, 5.74) is 0.709. The van der Waals surface area contributed by atoms with Crippen molar-refractivity contribution in [2.45, 2.75) is 17.7 Å². The summed E-state index contributed by atoms with van der Waals surface area (Å²) < 4.78 is 22.1. The maximum absolute atomic E-state index is 12.0. The Morgan fingerprint density at radius 1 is 1.20 bits per heavy atom. The second-order valence-corrected chi connectivity index (χ2v) is 5.79. The van der Waals surface area contributed by atoms with Crippen LogP contribution in [0.5, 0.6) is 0 Å². The Hall–Kier alpha value is -1.24. The fraction of sp³-hybridized carbons (Fsp3) is 0.500. The Labute approximate surface area is 121 Å². The molecule has 1 rings (SSSR count). The van der Waals surface area contributed by atoms with E-state index in [1.165, 1.54) is 0 Å². The zero-order chi connectivity index (χ0) is 14.8. The van der Waals surface area contributed by atoms with E-state index in [-0.39, 0.29) is 6.42 Å². The molecule has 5 nitrogen and oxygen atoms in total. The number of carboxylic acid groups (broad SMARTS) is 1. The van der Waals surface area contributed by atoms with Crippen molar-refractivity contribution in [1.82, 2.24) is 0 Å². The van der Waals surface area contributed by atoms with Crippen LogP contribution in [0.4, 0.5) is 0 Å². The van der Waals surface area contributed by atoms with Gasteiger partial charge in [0.15, 0.2) is 0 Å². The number of benzene rings is 1.